The molecule has 0 amide bonds. The highest BCUT2D eigenvalue weighted by Crippen LogP contribution is 2.31. The highest BCUT2D eigenvalue weighted by molar-refractivity contribution is 5.51. The van der Waals surface area contributed by atoms with Gasteiger partial charge in [-0.2, -0.15) is 9.97 Å². The first-order valence-corrected chi connectivity index (χ1v) is 5.95. The Balaban J connectivity index is 2.41. The molecule has 0 bridgehead atoms. The number of rotatable bonds is 4. The SMILES string of the molecule is Cc1cc(C)c([N+](=O)[O-])cc1Oc1cc(NN)nc(N)n1. The van der Waals surface area contributed by atoms with Gasteiger partial charge in [0.05, 0.1) is 11.0 Å². The van der Waals surface area contributed by atoms with Crippen molar-refractivity contribution < 1.29 is 9.66 Å². The molecule has 0 radical (unpaired) electrons. The summed E-state index contributed by atoms with van der Waals surface area (Å²) < 4.78 is 5.55. The molecule has 0 fully saturated rings. The van der Waals surface area contributed by atoms with Gasteiger partial charge in [0.1, 0.15) is 11.6 Å². The van der Waals surface area contributed by atoms with Gasteiger partial charge in [-0.3, -0.25) is 10.1 Å². The Morgan fingerprint density at radius 2 is 1.95 bits per heavy atom. The number of nitrogen functional groups attached to an aromatic ring is 2. The number of aryl methyl sites for hydroxylation is 2. The van der Waals surface area contributed by atoms with E-state index in [2.05, 4.69) is 15.4 Å². The third kappa shape index (κ3) is 3.15. The Morgan fingerprint density at radius 3 is 2.57 bits per heavy atom. The number of nitrogens with zero attached hydrogens (tertiary/aromatic N) is 3. The average molecular weight is 290 g/mol. The molecule has 0 aliphatic rings. The summed E-state index contributed by atoms with van der Waals surface area (Å²) in [4.78, 5) is 18.2. The van der Waals surface area contributed by atoms with Crippen LogP contribution in [-0.4, -0.2) is 14.9 Å². The van der Waals surface area contributed by atoms with Gasteiger partial charge in [-0.25, -0.2) is 5.84 Å². The van der Waals surface area contributed by atoms with Crippen LogP contribution in [0.5, 0.6) is 11.6 Å². The Labute approximate surface area is 120 Å². The maximum atomic E-state index is 11.0. The van der Waals surface area contributed by atoms with E-state index in [4.69, 9.17) is 16.3 Å². The largest absolute Gasteiger partial charge is 0.438 e. The number of hydrogen-bond acceptors (Lipinski definition) is 8. The van der Waals surface area contributed by atoms with E-state index in [-0.39, 0.29) is 23.3 Å². The summed E-state index contributed by atoms with van der Waals surface area (Å²) in [7, 11) is 0. The van der Waals surface area contributed by atoms with Crippen LogP contribution in [0.25, 0.3) is 0 Å². The topological polar surface area (TPSA) is 142 Å². The third-order valence-corrected chi connectivity index (χ3v) is 2.77. The number of nitrogens with one attached hydrogen (secondary N) is 1. The van der Waals surface area contributed by atoms with Crippen molar-refractivity contribution in [2.75, 3.05) is 11.2 Å². The van der Waals surface area contributed by atoms with Crippen molar-refractivity contribution in [3.8, 4) is 11.6 Å². The number of ether oxygens (including phenoxy) is 1. The molecule has 21 heavy (non-hydrogen) atoms. The molecule has 0 unspecified atom stereocenters. The standard InChI is InChI=1S/C12H14N6O3/c1-6-3-7(2)9(4-8(6)18(19)20)21-11-5-10(17-14)15-12(13)16-11/h3-5H,14H2,1-2H3,(H3,13,15,16,17). The second kappa shape index (κ2) is 5.59. The van der Waals surface area contributed by atoms with Gasteiger partial charge in [0.2, 0.25) is 11.8 Å². The number of hydrazine groups is 1. The van der Waals surface area contributed by atoms with Crippen LogP contribution in [0.15, 0.2) is 18.2 Å². The minimum Gasteiger partial charge on any atom is -0.438 e. The molecular weight excluding hydrogens is 276 g/mol. The van der Waals surface area contributed by atoms with E-state index < -0.39 is 4.92 Å². The van der Waals surface area contributed by atoms with Crippen molar-refractivity contribution in [1.29, 1.82) is 0 Å². The van der Waals surface area contributed by atoms with Crippen molar-refractivity contribution in [2.24, 2.45) is 5.84 Å². The number of benzene rings is 1. The van der Waals surface area contributed by atoms with Crippen LogP contribution in [0, 0.1) is 24.0 Å². The van der Waals surface area contributed by atoms with Crippen LogP contribution in [-0.2, 0) is 0 Å². The van der Waals surface area contributed by atoms with Gasteiger partial charge < -0.3 is 15.9 Å². The van der Waals surface area contributed by atoms with Crippen LogP contribution >= 0.6 is 0 Å². The second-order valence-corrected chi connectivity index (χ2v) is 4.36. The van der Waals surface area contributed by atoms with Crippen molar-refractivity contribution in [2.45, 2.75) is 13.8 Å². The Hall–Kier alpha value is -2.94. The molecule has 9 nitrogen and oxygen atoms in total. The number of hydrogen-bond donors (Lipinski definition) is 3. The van der Waals surface area contributed by atoms with Crippen LogP contribution in [0.4, 0.5) is 17.5 Å². The molecule has 1 aromatic heterocycles. The number of nitrogens with two attached hydrogens (primary N) is 2. The first-order chi connectivity index (χ1) is 9.90. The monoisotopic (exact) mass is 290 g/mol. The quantitative estimate of drug-likeness (QED) is 0.438. The zero-order valence-corrected chi connectivity index (χ0v) is 11.5. The predicted octanol–water partition coefficient (Wildman–Crippen LogP) is 1.66. The van der Waals surface area contributed by atoms with E-state index in [0.29, 0.717) is 11.3 Å². The van der Waals surface area contributed by atoms with Crippen molar-refractivity contribution in [3.63, 3.8) is 0 Å². The first-order valence-electron chi connectivity index (χ1n) is 5.95. The molecule has 0 aliphatic carbocycles. The molecule has 0 atom stereocenters. The fourth-order valence-electron chi connectivity index (χ4n) is 1.81. The summed E-state index contributed by atoms with van der Waals surface area (Å²) in [5.74, 6) is 5.95. The Bertz CT molecular complexity index is 704. The molecule has 0 saturated carbocycles. The maximum absolute atomic E-state index is 11.0. The first kappa shape index (κ1) is 14.5. The van der Waals surface area contributed by atoms with E-state index in [1.165, 1.54) is 12.1 Å². The lowest BCUT2D eigenvalue weighted by Gasteiger charge is -2.10. The lowest BCUT2D eigenvalue weighted by atomic mass is 10.1. The summed E-state index contributed by atoms with van der Waals surface area (Å²) in [5, 5.41) is 11.0. The van der Waals surface area contributed by atoms with Crippen molar-refractivity contribution >= 4 is 17.5 Å². The van der Waals surface area contributed by atoms with Gasteiger partial charge in [0, 0.05) is 11.6 Å². The molecule has 1 aromatic carbocycles. The van der Waals surface area contributed by atoms with Crippen LogP contribution in [0.3, 0.4) is 0 Å². The molecule has 9 heteroatoms. The minimum absolute atomic E-state index is 0.0280. The molecule has 0 spiro atoms. The van der Waals surface area contributed by atoms with Crippen LogP contribution in [0.2, 0.25) is 0 Å². The highest BCUT2D eigenvalue weighted by Gasteiger charge is 2.15. The lowest BCUT2D eigenvalue weighted by molar-refractivity contribution is -0.385. The van der Waals surface area contributed by atoms with E-state index in [9.17, 15) is 10.1 Å². The van der Waals surface area contributed by atoms with Crippen molar-refractivity contribution in [3.05, 3.63) is 39.4 Å². The van der Waals surface area contributed by atoms with Crippen LogP contribution in [0.1, 0.15) is 11.1 Å². The number of aromatic nitrogens is 2. The predicted molar refractivity (Wildman–Crippen MR) is 76.9 cm³/mol. The fraction of sp³-hybridized carbons (Fsp3) is 0.167. The van der Waals surface area contributed by atoms with Crippen molar-refractivity contribution in [1.82, 2.24) is 9.97 Å². The summed E-state index contributed by atoms with van der Waals surface area (Å²) in [6, 6.07) is 4.44. The molecule has 0 aliphatic heterocycles. The Morgan fingerprint density at radius 1 is 1.24 bits per heavy atom. The molecule has 5 N–H and O–H groups in total. The molecule has 2 rings (SSSR count). The number of anilines is 2. The molecular formula is C12H14N6O3. The number of nitro groups is 1. The Kier molecular flexibility index (Phi) is 3.85. The zero-order valence-electron chi connectivity index (χ0n) is 11.5. The van der Waals surface area contributed by atoms with Gasteiger partial charge in [0.25, 0.3) is 5.69 Å². The molecule has 110 valence electrons. The summed E-state index contributed by atoms with van der Waals surface area (Å²) in [6.07, 6.45) is 0. The fourth-order valence-corrected chi connectivity index (χ4v) is 1.81. The van der Waals surface area contributed by atoms with Gasteiger partial charge in [-0.15, -0.1) is 0 Å². The average Bonchev–Trinajstić information content (AvgIpc) is 2.40. The van der Waals surface area contributed by atoms with E-state index >= 15 is 0 Å². The molecule has 1 heterocycles. The number of nitro benzene ring substituents is 1. The summed E-state index contributed by atoms with van der Waals surface area (Å²) in [5.41, 5.74) is 9.10. The lowest BCUT2D eigenvalue weighted by Crippen LogP contribution is -2.10. The maximum Gasteiger partial charge on any atom is 0.276 e. The molecule has 2 aromatic rings. The van der Waals surface area contributed by atoms with E-state index in [0.717, 1.165) is 5.56 Å². The summed E-state index contributed by atoms with van der Waals surface area (Å²) in [6.45, 7) is 3.44. The van der Waals surface area contributed by atoms with Gasteiger partial charge in [-0.1, -0.05) is 0 Å². The zero-order chi connectivity index (χ0) is 15.6. The van der Waals surface area contributed by atoms with E-state index in [1.807, 2.05) is 0 Å². The van der Waals surface area contributed by atoms with Gasteiger partial charge >= 0.3 is 0 Å². The van der Waals surface area contributed by atoms with Gasteiger partial charge in [-0.05, 0) is 25.5 Å². The normalized spacial score (nSPS) is 10.2. The summed E-state index contributed by atoms with van der Waals surface area (Å²) >= 11 is 0. The van der Waals surface area contributed by atoms with E-state index in [1.54, 1.807) is 19.9 Å². The second-order valence-electron chi connectivity index (χ2n) is 4.36. The van der Waals surface area contributed by atoms with Gasteiger partial charge in [0.15, 0.2) is 0 Å². The smallest absolute Gasteiger partial charge is 0.276 e. The minimum atomic E-state index is -0.469. The highest BCUT2D eigenvalue weighted by atomic mass is 16.6. The molecule has 0 saturated heterocycles. The third-order valence-electron chi connectivity index (χ3n) is 2.77. The van der Waals surface area contributed by atoms with Crippen LogP contribution < -0.4 is 21.7 Å².